The predicted octanol–water partition coefficient (Wildman–Crippen LogP) is 2.04. The van der Waals surface area contributed by atoms with Crippen molar-refractivity contribution in [2.45, 2.75) is 19.6 Å². The van der Waals surface area contributed by atoms with E-state index in [9.17, 15) is 0 Å². The van der Waals surface area contributed by atoms with Crippen LogP contribution in [0.4, 0.5) is 11.5 Å². The van der Waals surface area contributed by atoms with Crippen LogP contribution in [0, 0.1) is 0 Å². The summed E-state index contributed by atoms with van der Waals surface area (Å²) in [6, 6.07) is 1.82. The molecule has 0 bridgehead atoms. The minimum Gasteiger partial charge on any atom is -0.393 e. The Morgan fingerprint density at radius 1 is 1.42 bits per heavy atom. The van der Waals surface area contributed by atoms with Crippen molar-refractivity contribution in [2.24, 2.45) is 0 Å². The van der Waals surface area contributed by atoms with Crippen LogP contribution in [-0.4, -0.2) is 38.9 Å². The summed E-state index contributed by atoms with van der Waals surface area (Å²) >= 11 is 1.58. The highest BCUT2D eigenvalue weighted by molar-refractivity contribution is 7.09. The zero-order chi connectivity index (χ0) is 17.1. The maximum absolute atomic E-state index is 6.24. The van der Waals surface area contributed by atoms with E-state index in [4.69, 9.17) is 10.5 Å². The molecule has 0 aliphatic carbocycles. The molecule has 0 fully saturated rings. The second-order valence-electron chi connectivity index (χ2n) is 5.30. The Bertz CT molecular complexity index is 802. The fourth-order valence-electron chi connectivity index (χ4n) is 2.26. The van der Waals surface area contributed by atoms with Gasteiger partial charge in [-0.3, -0.25) is 0 Å². The van der Waals surface area contributed by atoms with Crippen molar-refractivity contribution < 1.29 is 4.74 Å². The summed E-state index contributed by atoms with van der Waals surface area (Å²) in [7, 11) is 3.60. The highest BCUT2D eigenvalue weighted by Gasteiger charge is 2.16. The van der Waals surface area contributed by atoms with E-state index in [1.54, 1.807) is 35.5 Å². The summed E-state index contributed by atoms with van der Waals surface area (Å²) in [5, 5.41) is 7.14. The van der Waals surface area contributed by atoms with Gasteiger partial charge >= 0.3 is 0 Å². The van der Waals surface area contributed by atoms with Gasteiger partial charge in [-0.1, -0.05) is 0 Å². The van der Waals surface area contributed by atoms with Gasteiger partial charge in [-0.2, -0.15) is 5.10 Å². The maximum atomic E-state index is 6.24. The number of thiazole rings is 1. The predicted molar refractivity (Wildman–Crippen MR) is 93.2 cm³/mol. The van der Waals surface area contributed by atoms with Crippen LogP contribution < -0.4 is 10.6 Å². The smallest absolute Gasteiger partial charge is 0.181 e. The Morgan fingerprint density at radius 2 is 2.25 bits per heavy atom. The monoisotopic (exact) mass is 345 g/mol. The van der Waals surface area contributed by atoms with E-state index < -0.39 is 0 Å². The van der Waals surface area contributed by atoms with Gasteiger partial charge in [-0.25, -0.2) is 19.6 Å². The SMILES string of the molecule is COC(C)c1nc(CN(C)c2ncnc(-n3cccn3)c2N)cs1. The largest absolute Gasteiger partial charge is 0.393 e. The molecule has 0 saturated heterocycles. The lowest BCUT2D eigenvalue weighted by molar-refractivity contribution is 0.119. The van der Waals surface area contributed by atoms with Gasteiger partial charge in [0, 0.05) is 31.9 Å². The van der Waals surface area contributed by atoms with Crippen LogP contribution in [0.1, 0.15) is 23.7 Å². The molecule has 1 unspecified atom stereocenters. The van der Waals surface area contributed by atoms with Crippen molar-refractivity contribution in [3.05, 3.63) is 40.9 Å². The number of rotatable bonds is 6. The van der Waals surface area contributed by atoms with E-state index in [0.717, 1.165) is 10.7 Å². The van der Waals surface area contributed by atoms with Crippen molar-refractivity contribution >= 4 is 22.8 Å². The van der Waals surface area contributed by atoms with E-state index in [0.29, 0.717) is 23.9 Å². The number of ether oxygens (including phenoxy) is 1. The van der Waals surface area contributed by atoms with Gasteiger partial charge in [-0.05, 0) is 13.0 Å². The average molecular weight is 345 g/mol. The number of anilines is 2. The molecular formula is C15H19N7OS. The summed E-state index contributed by atoms with van der Waals surface area (Å²) in [4.78, 5) is 15.1. The molecule has 24 heavy (non-hydrogen) atoms. The minimum atomic E-state index is -0.00964. The molecule has 126 valence electrons. The highest BCUT2D eigenvalue weighted by atomic mass is 32.1. The van der Waals surface area contributed by atoms with E-state index in [2.05, 4.69) is 20.1 Å². The number of methoxy groups -OCH3 is 1. The Kier molecular flexibility index (Phi) is 4.72. The number of nitrogen functional groups attached to an aromatic ring is 1. The van der Waals surface area contributed by atoms with Crippen LogP contribution in [0.5, 0.6) is 0 Å². The number of nitrogens with two attached hydrogens (primary N) is 1. The van der Waals surface area contributed by atoms with Gasteiger partial charge in [0.1, 0.15) is 23.1 Å². The Morgan fingerprint density at radius 3 is 2.96 bits per heavy atom. The summed E-state index contributed by atoms with van der Waals surface area (Å²) in [6.07, 6.45) is 4.95. The number of hydrogen-bond donors (Lipinski definition) is 1. The van der Waals surface area contributed by atoms with Gasteiger partial charge in [0.15, 0.2) is 11.6 Å². The van der Waals surface area contributed by atoms with Gasteiger partial charge in [0.05, 0.1) is 12.2 Å². The molecule has 2 N–H and O–H groups in total. The first kappa shape index (κ1) is 16.3. The van der Waals surface area contributed by atoms with Crippen LogP contribution in [0.25, 0.3) is 5.82 Å². The van der Waals surface area contributed by atoms with Crippen molar-refractivity contribution in [1.29, 1.82) is 0 Å². The molecule has 3 rings (SSSR count). The van der Waals surface area contributed by atoms with Gasteiger partial charge in [0.2, 0.25) is 0 Å². The minimum absolute atomic E-state index is 0.00964. The molecule has 3 aromatic rings. The molecule has 3 aromatic heterocycles. The molecule has 8 nitrogen and oxygen atoms in total. The molecule has 0 amide bonds. The van der Waals surface area contributed by atoms with Crippen molar-refractivity contribution in [1.82, 2.24) is 24.7 Å². The Balaban J connectivity index is 1.81. The fraction of sp³-hybridized carbons (Fsp3) is 0.333. The summed E-state index contributed by atoms with van der Waals surface area (Å²) in [5.74, 6) is 1.20. The molecule has 9 heteroatoms. The first-order valence-electron chi connectivity index (χ1n) is 7.39. The second kappa shape index (κ2) is 6.93. The Hall–Kier alpha value is -2.52. The van der Waals surface area contributed by atoms with Crippen molar-refractivity contribution in [3.8, 4) is 5.82 Å². The van der Waals surface area contributed by atoms with Crippen LogP contribution in [-0.2, 0) is 11.3 Å². The lowest BCUT2D eigenvalue weighted by atomic mass is 10.3. The molecule has 3 heterocycles. The zero-order valence-corrected chi connectivity index (χ0v) is 14.6. The van der Waals surface area contributed by atoms with Crippen LogP contribution in [0.3, 0.4) is 0 Å². The van der Waals surface area contributed by atoms with E-state index in [1.165, 1.54) is 6.33 Å². The third-order valence-electron chi connectivity index (χ3n) is 3.59. The average Bonchev–Trinajstić information content (AvgIpc) is 3.26. The van der Waals surface area contributed by atoms with E-state index in [1.807, 2.05) is 30.3 Å². The summed E-state index contributed by atoms with van der Waals surface area (Å²) in [5.41, 5.74) is 7.66. The first-order valence-corrected chi connectivity index (χ1v) is 8.26. The lowest BCUT2D eigenvalue weighted by Gasteiger charge is -2.19. The molecule has 0 aliphatic heterocycles. The molecule has 0 saturated carbocycles. The van der Waals surface area contributed by atoms with Crippen LogP contribution in [0.2, 0.25) is 0 Å². The zero-order valence-electron chi connectivity index (χ0n) is 13.7. The third-order valence-corrected chi connectivity index (χ3v) is 4.65. The molecule has 0 aliphatic rings. The van der Waals surface area contributed by atoms with Crippen LogP contribution >= 0.6 is 11.3 Å². The molecule has 0 aromatic carbocycles. The molecule has 1 atom stereocenters. The fourth-order valence-corrected chi connectivity index (χ4v) is 3.10. The molecular weight excluding hydrogens is 326 g/mol. The third kappa shape index (κ3) is 3.22. The number of aromatic nitrogens is 5. The second-order valence-corrected chi connectivity index (χ2v) is 6.19. The highest BCUT2D eigenvalue weighted by Crippen LogP contribution is 2.26. The quantitative estimate of drug-likeness (QED) is 0.730. The van der Waals surface area contributed by atoms with Crippen molar-refractivity contribution in [2.75, 3.05) is 24.8 Å². The van der Waals surface area contributed by atoms with E-state index >= 15 is 0 Å². The Labute approximate surface area is 143 Å². The summed E-state index contributed by atoms with van der Waals surface area (Å²) < 4.78 is 6.92. The standard InChI is InChI=1S/C15H19N7OS/c1-10(23-3)15-20-11(8-24-15)7-21(2)13-12(16)14(18-9-17-13)22-6-4-5-19-22/h4-6,8-10H,7,16H2,1-3H3. The lowest BCUT2D eigenvalue weighted by Crippen LogP contribution is -2.21. The number of hydrogen-bond acceptors (Lipinski definition) is 8. The topological polar surface area (TPSA) is 95.0 Å². The molecule has 0 spiro atoms. The number of nitrogens with zero attached hydrogens (tertiary/aromatic N) is 6. The van der Waals surface area contributed by atoms with Crippen molar-refractivity contribution in [3.63, 3.8) is 0 Å². The van der Waals surface area contributed by atoms with Gasteiger partial charge < -0.3 is 15.4 Å². The van der Waals surface area contributed by atoms with Gasteiger partial charge in [-0.15, -0.1) is 11.3 Å². The first-order chi connectivity index (χ1) is 11.6. The van der Waals surface area contributed by atoms with Gasteiger partial charge in [0.25, 0.3) is 0 Å². The molecule has 0 radical (unpaired) electrons. The van der Waals surface area contributed by atoms with Crippen LogP contribution in [0.15, 0.2) is 30.2 Å². The maximum Gasteiger partial charge on any atom is 0.181 e. The normalized spacial score (nSPS) is 12.3. The summed E-state index contributed by atoms with van der Waals surface area (Å²) in [6.45, 7) is 2.57. The van der Waals surface area contributed by atoms with E-state index in [-0.39, 0.29) is 6.10 Å².